The first-order valence-corrected chi connectivity index (χ1v) is 3.59. The second-order valence-corrected chi connectivity index (χ2v) is 1.76. The molecule has 0 bridgehead atoms. The summed E-state index contributed by atoms with van der Waals surface area (Å²) >= 11 is 0. The summed E-state index contributed by atoms with van der Waals surface area (Å²) in [7, 11) is 0. The van der Waals surface area contributed by atoms with Gasteiger partial charge < -0.3 is 14.2 Å². The van der Waals surface area contributed by atoms with E-state index in [1.807, 2.05) is 0 Å². The van der Waals surface area contributed by atoms with Crippen LogP contribution in [-0.4, -0.2) is 33.0 Å². The Kier molecular flexibility index (Phi) is 9.00. The third-order valence-electron chi connectivity index (χ3n) is 0.980. The minimum Gasteiger partial charge on any atom is -0.499 e. The molecular weight excluding hydrogens is 144 g/mol. The first-order chi connectivity index (χ1) is 5.41. The van der Waals surface area contributed by atoms with Crippen LogP contribution in [0.25, 0.3) is 0 Å². The van der Waals surface area contributed by atoms with Crippen LogP contribution >= 0.6 is 0 Å². The van der Waals surface area contributed by atoms with E-state index in [1.54, 1.807) is 0 Å². The summed E-state index contributed by atoms with van der Waals surface area (Å²) in [5, 5.41) is 0. The quantitative estimate of drug-likeness (QED) is 0.391. The monoisotopic (exact) mass is 159 g/mol. The van der Waals surface area contributed by atoms with E-state index in [1.165, 1.54) is 6.26 Å². The van der Waals surface area contributed by atoms with Gasteiger partial charge in [0.1, 0.15) is 6.61 Å². The fourth-order valence-electron chi connectivity index (χ4n) is 0.512. The molecule has 3 nitrogen and oxygen atoms in total. The van der Waals surface area contributed by atoms with Crippen molar-refractivity contribution in [2.75, 3.05) is 33.0 Å². The highest BCUT2D eigenvalue weighted by atomic mass is 16.5. The van der Waals surface area contributed by atoms with E-state index in [2.05, 4.69) is 13.5 Å². The van der Waals surface area contributed by atoms with E-state index < -0.39 is 0 Å². The molecule has 0 fully saturated rings. The van der Waals surface area contributed by atoms with Gasteiger partial charge >= 0.3 is 0 Å². The lowest BCUT2D eigenvalue weighted by molar-refractivity contribution is 0.0378. The predicted octanol–water partition coefficient (Wildman–Crippen LogP) is 1.01. The highest BCUT2D eigenvalue weighted by Gasteiger charge is 1.86. The molecule has 0 unspecified atom stereocenters. The van der Waals surface area contributed by atoms with Crippen molar-refractivity contribution < 1.29 is 14.2 Å². The van der Waals surface area contributed by atoms with Gasteiger partial charge in [-0.15, -0.1) is 0 Å². The predicted molar refractivity (Wildman–Crippen MR) is 43.1 cm³/mol. The molecule has 0 atom stereocenters. The van der Waals surface area contributed by atoms with Gasteiger partial charge in [-0.3, -0.25) is 0 Å². The van der Waals surface area contributed by atoms with E-state index in [-0.39, 0.29) is 0 Å². The molecular formula is C8H15O3. The molecule has 0 aromatic carbocycles. The van der Waals surface area contributed by atoms with E-state index >= 15 is 0 Å². The Morgan fingerprint density at radius 1 is 1.00 bits per heavy atom. The van der Waals surface area contributed by atoms with Crippen LogP contribution in [-0.2, 0) is 14.2 Å². The lowest BCUT2D eigenvalue weighted by Crippen LogP contribution is -2.07. The SMILES string of the molecule is [CH2]COCCOCCOC=C. The highest BCUT2D eigenvalue weighted by molar-refractivity contribution is 4.47. The van der Waals surface area contributed by atoms with Gasteiger partial charge in [0.15, 0.2) is 0 Å². The Labute approximate surface area is 67.9 Å². The molecule has 0 aromatic heterocycles. The maximum Gasteiger partial charge on any atom is 0.111 e. The highest BCUT2D eigenvalue weighted by Crippen LogP contribution is 1.79. The minimum atomic E-state index is 0.493. The smallest absolute Gasteiger partial charge is 0.111 e. The molecule has 11 heavy (non-hydrogen) atoms. The zero-order chi connectivity index (χ0) is 8.36. The van der Waals surface area contributed by atoms with Gasteiger partial charge in [-0.2, -0.15) is 0 Å². The molecule has 0 amide bonds. The molecule has 0 aliphatic carbocycles. The summed E-state index contributed by atoms with van der Waals surface area (Å²) in [6, 6.07) is 0. The maximum atomic E-state index is 5.11. The van der Waals surface area contributed by atoms with Crippen LogP contribution in [0.1, 0.15) is 0 Å². The van der Waals surface area contributed by atoms with E-state index in [9.17, 15) is 0 Å². The molecule has 0 aromatic rings. The number of rotatable bonds is 8. The number of hydrogen-bond acceptors (Lipinski definition) is 3. The van der Waals surface area contributed by atoms with Crippen LogP contribution in [0.2, 0.25) is 0 Å². The first kappa shape index (κ1) is 10.5. The summed E-state index contributed by atoms with van der Waals surface area (Å²) in [5.41, 5.74) is 0. The Morgan fingerprint density at radius 3 is 2.27 bits per heavy atom. The first-order valence-electron chi connectivity index (χ1n) is 3.59. The fourth-order valence-corrected chi connectivity index (χ4v) is 0.512. The van der Waals surface area contributed by atoms with Crippen molar-refractivity contribution in [1.29, 1.82) is 0 Å². The lowest BCUT2D eigenvalue weighted by Gasteiger charge is -2.03. The second-order valence-electron chi connectivity index (χ2n) is 1.76. The van der Waals surface area contributed by atoms with Crippen LogP contribution in [0.3, 0.4) is 0 Å². The van der Waals surface area contributed by atoms with Crippen molar-refractivity contribution in [3.63, 3.8) is 0 Å². The topological polar surface area (TPSA) is 27.7 Å². The largest absolute Gasteiger partial charge is 0.499 e. The van der Waals surface area contributed by atoms with Crippen LogP contribution in [0.4, 0.5) is 0 Å². The summed E-state index contributed by atoms with van der Waals surface area (Å²) in [6.07, 6.45) is 1.40. The summed E-state index contributed by atoms with van der Waals surface area (Å²) in [4.78, 5) is 0. The van der Waals surface area contributed by atoms with Gasteiger partial charge in [-0.25, -0.2) is 0 Å². The molecule has 3 heteroatoms. The molecule has 65 valence electrons. The molecule has 0 spiro atoms. The molecule has 0 saturated carbocycles. The standard InChI is InChI=1S/C8H15O3/c1-3-9-5-7-11-8-6-10-4-2/h3H,1-2,4-8H2. The molecule has 0 N–H and O–H groups in total. The van der Waals surface area contributed by atoms with E-state index in [4.69, 9.17) is 14.2 Å². The third-order valence-corrected chi connectivity index (χ3v) is 0.980. The maximum absolute atomic E-state index is 5.11. The lowest BCUT2D eigenvalue weighted by atomic mass is 10.7. The molecule has 1 radical (unpaired) electrons. The summed E-state index contributed by atoms with van der Waals surface area (Å²) < 4.78 is 14.9. The van der Waals surface area contributed by atoms with Crippen LogP contribution in [0, 0.1) is 6.92 Å². The van der Waals surface area contributed by atoms with Crippen LogP contribution in [0.5, 0.6) is 0 Å². The average molecular weight is 159 g/mol. The zero-order valence-corrected chi connectivity index (χ0v) is 6.75. The van der Waals surface area contributed by atoms with Gasteiger partial charge in [0.25, 0.3) is 0 Å². The number of hydrogen-bond donors (Lipinski definition) is 0. The normalized spacial score (nSPS) is 9.55. The van der Waals surface area contributed by atoms with Gasteiger partial charge in [0.2, 0.25) is 0 Å². The van der Waals surface area contributed by atoms with Gasteiger partial charge in [0, 0.05) is 6.61 Å². The van der Waals surface area contributed by atoms with E-state index in [0.717, 1.165) is 0 Å². The molecule has 0 heterocycles. The Balaban J connectivity index is 2.74. The Bertz CT molecular complexity index is 83.4. The van der Waals surface area contributed by atoms with Crippen molar-refractivity contribution >= 4 is 0 Å². The summed E-state index contributed by atoms with van der Waals surface area (Å²) in [6.45, 7) is 9.72. The average Bonchev–Trinajstić information content (AvgIpc) is 2.03. The third kappa shape index (κ3) is 9.46. The molecule has 0 rings (SSSR count). The Hall–Kier alpha value is -0.540. The van der Waals surface area contributed by atoms with Crippen molar-refractivity contribution in [3.8, 4) is 0 Å². The summed E-state index contributed by atoms with van der Waals surface area (Å²) in [5.74, 6) is 0. The number of ether oxygens (including phenoxy) is 3. The van der Waals surface area contributed by atoms with Gasteiger partial charge in [-0.05, 0) is 6.92 Å². The van der Waals surface area contributed by atoms with Crippen molar-refractivity contribution in [3.05, 3.63) is 19.8 Å². The molecule has 0 aliphatic heterocycles. The van der Waals surface area contributed by atoms with Gasteiger partial charge in [-0.1, -0.05) is 6.58 Å². The molecule has 0 saturated heterocycles. The van der Waals surface area contributed by atoms with Gasteiger partial charge in [0.05, 0.1) is 26.1 Å². The van der Waals surface area contributed by atoms with E-state index in [0.29, 0.717) is 33.0 Å². The van der Waals surface area contributed by atoms with Crippen molar-refractivity contribution in [1.82, 2.24) is 0 Å². The molecule has 0 aliphatic rings. The van der Waals surface area contributed by atoms with Crippen molar-refractivity contribution in [2.24, 2.45) is 0 Å². The van der Waals surface area contributed by atoms with Crippen LogP contribution in [0.15, 0.2) is 12.8 Å². The Morgan fingerprint density at radius 2 is 1.64 bits per heavy atom. The zero-order valence-electron chi connectivity index (χ0n) is 6.75. The van der Waals surface area contributed by atoms with Crippen molar-refractivity contribution in [2.45, 2.75) is 0 Å². The fraction of sp³-hybridized carbons (Fsp3) is 0.625. The minimum absolute atomic E-state index is 0.493. The second kappa shape index (κ2) is 9.46. The van der Waals surface area contributed by atoms with Crippen LogP contribution < -0.4 is 0 Å².